The number of carboxylic acid groups (broad SMARTS) is 2. The van der Waals surface area contributed by atoms with Gasteiger partial charge in [-0.1, -0.05) is 0 Å². The Bertz CT molecular complexity index is 1230. The number of aromatic amines is 1. The zero-order chi connectivity index (χ0) is 26.4. The number of hydrogen-bond donors (Lipinski definition) is 6. The maximum absolute atomic E-state index is 12.4. The van der Waals surface area contributed by atoms with Crippen LogP contribution in [0.4, 0.5) is 23.1 Å². The summed E-state index contributed by atoms with van der Waals surface area (Å²) in [6.45, 7) is 0.152. The minimum atomic E-state index is -1.39. The van der Waals surface area contributed by atoms with Crippen LogP contribution in [0.25, 0.3) is 0 Å². The van der Waals surface area contributed by atoms with Gasteiger partial charge in [-0.3, -0.25) is 29.0 Å². The Morgan fingerprint density at radius 2 is 1.94 bits per heavy atom. The quantitative estimate of drug-likeness (QED) is 0.201. The monoisotopic (exact) mass is 501 g/mol. The first kappa shape index (κ1) is 25.7. The molecule has 15 heteroatoms. The molecule has 0 radical (unpaired) electrons. The van der Waals surface area contributed by atoms with Gasteiger partial charge in [0, 0.05) is 30.8 Å². The second kappa shape index (κ2) is 11.0. The molecule has 1 aliphatic heterocycles. The number of nitrogens with zero attached hydrogens (tertiary/aromatic N) is 3. The maximum atomic E-state index is 12.4. The van der Waals surface area contributed by atoms with Crippen LogP contribution in [-0.4, -0.2) is 76.0 Å². The van der Waals surface area contributed by atoms with Gasteiger partial charge in [0.25, 0.3) is 11.5 Å². The molecule has 0 saturated carbocycles. The number of nitrogens with one attached hydrogen (secondary N) is 3. The summed E-state index contributed by atoms with van der Waals surface area (Å²) in [6, 6.07) is 3.59. The van der Waals surface area contributed by atoms with Gasteiger partial charge in [-0.05, 0) is 30.7 Å². The van der Waals surface area contributed by atoms with E-state index in [-0.39, 0.29) is 42.5 Å². The molecule has 1 aromatic carbocycles. The first-order valence-corrected chi connectivity index (χ1v) is 10.6. The summed E-state index contributed by atoms with van der Waals surface area (Å²) in [7, 11) is 0. The largest absolute Gasteiger partial charge is 0.481 e. The number of benzene rings is 1. The number of fused-ring (bicyclic) bond motifs is 1. The lowest BCUT2D eigenvalue weighted by Gasteiger charge is -2.35. The average molecular weight is 501 g/mol. The normalized spacial score (nSPS) is 15.1. The lowest BCUT2D eigenvalue weighted by atomic mass is 10.1. The molecule has 0 saturated heterocycles. The van der Waals surface area contributed by atoms with E-state index in [4.69, 9.17) is 10.8 Å². The van der Waals surface area contributed by atoms with Crippen LogP contribution >= 0.6 is 0 Å². The van der Waals surface area contributed by atoms with Gasteiger partial charge >= 0.3 is 11.9 Å². The van der Waals surface area contributed by atoms with Crippen molar-refractivity contribution < 1.29 is 34.2 Å². The molecular formula is C21H23N7O8. The fourth-order valence-electron chi connectivity index (χ4n) is 3.64. The van der Waals surface area contributed by atoms with Gasteiger partial charge in [-0.25, -0.2) is 4.79 Å². The van der Waals surface area contributed by atoms with Gasteiger partial charge in [-0.2, -0.15) is 4.98 Å². The molecule has 0 aliphatic carbocycles. The summed E-state index contributed by atoms with van der Waals surface area (Å²) in [5, 5.41) is 23.1. The van der Waals surface area contributed by atoms with Crippen LogP contribution in [0.1, 0.15) is 23.2 Å². The van der Waals surface area contributed by atoms with Crippen molar-refractivity contribution in [1.29, 1.82) is 0 Å². The van der Waals surface area contributed by atoms with Crippen LogP contribution in [0.5, 0.6) is 0 Å². The van der Waals surface area contributed by atoms with Crippen molar-refractivity contribution in [2.75, 3.05) is 33.9 Å². The van der Waals surface area contributed by atoms with E-state index in [9.17, 15) is 33.9 Å². The van der Waals surface area contributed by atoms with Crippen molar-refractivity contribution in [3.63, 3.8) is 0 Å². The molecule has 1 unspecified atom stereocenters. The van der Waals surface area contributed by atoms with Crippen LogP contribution in [0.2, 0.25) is 0 Å². The van der Waals surface area contributed by atoms with E-state index in [2.05, 4.69) is 20.6 Å². The highest BCUT2D eigenvalue weighted by atomic mass is 16.4. The summed E-state index contributed by atoms with van der Waals surface area (Å²) in [6.07, 6.45) is 0.255. The number of aliphatic carboxylic acids is 2. The van der Waals surface area contributed by atoms with Gasteiger partial charge < -0.3 is 36.4 Å². The third kappa shape index (κ3) is 5.75. The van der Waals surface area contributed by atoms with Gasteiger partial charge in [0.1, 0.15) is 6.04 Å². The Morgan fingerprint density at radius 3 is 2.53 bits per heavy atom. The molecule has 1 aromatic heterocycles. The molecule has 0 fully saturated rings. The number of nitrogens with two attached hydrogens (primary N) is 1. The zero-order valence-corrected chi connectivity index (χ0v) is 18.7. The van der Waals surface area contributed by atoms with Crippen LogP contribution in [0, 0.1) is 0 Å². The summed E-state index contributed by atoms with van der Waals surface area (Å²) in [5.74, 6) is -3.28. The van der Waals surface area contributed by atoms with E-state index in [1.807, 2.05) is 0 Å². The molecule has 2 heterocycles. The van der Waals surface area contributed by atoms with Crippen molar-refractivity contribution in [3.8, 4) is 0 Å². The molecule has 0 spiro atoms. The van der Waals surface area contributed by atoms with Gasteiger partial charge in [0.05, 0.1) is 6.04 Å². The standard InChI is InChI=1S/C21H23N7O8/c22-21-25-17-16(19(34)26-21)28(10-30)13(7-23-17)8-27(9-29)12-3-1-11(2-4-12)18(33)24-14(20(35)36)5-6-15(31)32/h1-4,9-10,13-14H,5-8H2,(H,24,33)(H,31,32)(H,35,36)(H4,22,23,25,26,34)/t13?,14-/m0/s1. The SMILES string of the molecule is Nc1nc2c(c(=O)[nH]1)N(C=O)C(CN(C=O)c1ccc(C(=O)N[C@@H](CCC(=O)O)C(=O)O)cc1)CN2. The Balaban J connectivity index is 1.72. The number of amides is 3. The van der Waals surface area contributed by atoms with Gasteiger partial charge in [0.2, 0.25) is 18.8 Å². The predicted molar refractivity (Wildman–Crippen MR) is 126 cm³/mol. The molecule has 15 nitrogen and oxygen atoms in total. The number of carboxylic acids is 2. The highest BCUT2D eigenvalue weighted by molar-refractivity contribution is 5.97. The third-order valence-corrected chi connectivity index (χ3v) is 5.43. The van der Waals surface area contributed by atoms with Crippen LogP contribution in [0.15, 0.2) is 29.1 Å². The number of H-pyrrole nitrogens is 1. The van der Waals surface area contributed by atoms with E-state index < -0.39 is 41.9 Å². The molecule has 2 atom stereocenters. The molecular weight excluding hydrogens is 478 g/mol. The maximum Gasteiger partial charge on any atom is 0.326 e. The van der Waals surface area contributed by atoms with Gasteiger partial charge in [0.15, 0.2) is 11.5 Å². The van der Waals surface area contributed by atoms with E-state index in [1.165, 1.54) is 29.2 Å². The Labute approximate surface area is 202 Å². The number of anilines is 4. The molecule has 0 bridgehead atoms. The van der Waals surface area contributed by atoms with Crippen molar-refractivity contribution in [3.05, 3.63) is 40.2 Å². The number of aromatic nitrogens is 2. The van der Waals surface area contributed by atoms with Crippen LogP contribution < -0.4 is 31.7 Å². The fourth-order valence-corrected chi connectivity index (χ4v) is 3.64. The second-order valence-corrected chi connectivity index (χ2v) is 7.80. The van der Waals surface area contributed by atoms with E-state index in [1.54, 1.807) is 0 Å². The number of carbonyl (C=O) groups is 5. The fraction of sp³-hybridized carbons (Fsp3) is 0.286. The summed E-state index contributed by atoms with van der Waals surface area (Å²) >= 11 is 0. The van der Waals surface area contributed by atoms with Gasteiger partial charge in [-0.15, -0.1) is 0 Å². The molecule has 3 amide bonds. The number of carbonyl (C=O) groups excluding carboxylic acids is 3. The summed E-state index contributed by atoms with van der Waals surface area (Å²) in [4.78, 5) is 79.0. The number of rotatable bonds is 11. The molecule has 1 aliphatic rings. The molecule has 3 rings (SSSR count). The molecule has 7 N–H and O–H groups in total. The predicted octanol–water partition coefficient (Wildman–Crippen LogP) is -1.18. The average Bonchev–Trinajstić information content (AvgIpc) is 2.84. The Kier molecular flexibility index (Phi) is 7.83. The highest BCUT2D eigenvalue weighted by Crippen LogP contribution is 2.26. The first-order valence-electron chi connectivity index (χ1n) is 10.6. The Hall–Kier alpha value is -4.95. The van der Waals surface area contributed by atoms with Crippen LogP contribution in [0.3, 0.4) is 0 Å². The van der Waals surface area contributed by atoms with Crippen molar-refractivity contribution in [2.24, 2.45) is 0 Å². The van der Waals surface area contributed by atoms with E-state index in [0.29, 0.717) is 18.5 Å². The van der Waals surface area contributed by atoms with Crippen LogP contribution in [-0.2, 0) is 19.2 Å². The summed E-state index contributed by atoms with van der Waals surface area (Å²) in [5.41, 5.74) is 5.32. The Morgan fingerprint density at radius 1 is 1.25 bits per heavy atom. The smallest absolute Gasteiger partial charge is 0.326 e. The molecule has 36 heavy (non-hydrogen) atoms. The highest BCUT2D eigenvalue weighted by Gasteiger charge is 2.31. The zero-order valence-electron chi connectivity index (χ0n) is 18.7. The van der Waals surface area contributed by atoms with Crippen molar-refractivity contribution in [1.82, 2.24) is 15.3 Å². The topological polar surface area (TPSA) is 228 Å². The molecule has 2 aromatic rings. The summed E-state index contributed by atoms with van der Waals surface area (Å²) < 4.78 is 0. The second-order valence-electron chi connectivity index (χ2n) is 7.80. The third-order valence-electron chi connectivity index (χ3n) is 5.43. The first-order chi connectivity index (χ1) is 17.1. The van der Waals surface area contributed by atoms with E-state index >= 15 is 0 Å². The lowest BCUT2D eigenvalue weighted by Crippen LogP contribution is -2.52. The lowest BCUT2D eigenvalue weighted by molar-refractivity contribution is -0.140. The molecule has 190 valence electrons. The van der Waals surface area contributed by atoms with Crippen molar-refractivity contribution in [2.45, 2.75) is 24.9 Å². The van der Waals surface area contributed by atoms with Crippen molar-refractivity contribution >= 4 is 53.8 Å². The van der Waals surface area contributed by atoms with E-state index in [0.717, 1.165) is 4.90 Å². The number of nitrogen functional groups attached to an aromatic ring is 1. The number of hydrogen-bond acceptors (Lipinski definition) is 9. The minimum absolute atomic E-state index is 0.0136. The minimum Gasteiger partial charge on any atom is -0.481 e.